The summed E-state index contributed by atoms with van der Waals surface area (Å²) in [6.45, 7) is 6.72. The Bertz CT molecular complexity index is 573. The van der Waals surface area contributed by atoms with Gasteiger partial charge in [-0.2, -0.15) is 0 Å². The molecule has 2 fully saturated rings. The van der Waals surface area contributed by atoms with Gasteiger partial charge in [0.25, 0.3) is 0 Å². The van der Waals surface area contributed by atoms with Gasteiger partial charge in [0.15, 0.2) is 5.96 Å². The van der Waals surface area contributed by atoms with Crippen LogP contribution in [0.1, 0.15) is 51.5 Å². The number of nitrogens with zero attached hydrogens (tertiary/aromatic N) is 1. The van der Waals surface area contributed by atoms with Gasteiger partial charge in [-0.25, -0.2) is 0 Å². The highest BCUT2D eigenvalue weighted by Gasteiger charge is 2.41. The molecule has 5 nitrogen and oxygen atoms in total. The Balaban J connectivity index is 1.45. The number of fused-ring (bicyclic) bond motifs is 2. The Morgan fingerprint density at radius 3 is 2.73 bits per heavy atom. The lowest BCUT2D eigenvalue weighted by Crippen LogP contribution is -2.47. The molecular formula is C21H33N3O2. The predicted octanol–water partition coefficient (Wildman–Crippen LogP) is 3.28. The second kappa shape index (κ2) is 9.81. The van der Waals surface area contributed by atoms with E-state index in [0.717, 1.165) is 57.1 Å². The fourth-order valence-corrected chi connectivity index (χ4v) is 3.67. The van der Waals surface area contributed by atoms with Crippen LogP contribution in [0.4, 0.5) is 0 Å². The van der Waals surface area contributed by atoms with Crippen LogP contribution in [0.15, 0.2) is 29.3 Å². The predicted molar refractivity (Wildman–Crippen MR) is 106 cm³/mol. The molecule has 1 aromatic carbocycles. The summed E-state index contributed by atoms with van der Waals surface area (Å²) in [6.07, 6.45) is 7.51. The molecule has 5 heteroatoms. The molecule has 26 heavy (non-hydrogen) atoms. The van der Waals surface area contributed by atoms with Gasteiger partial charge in [-0.15, -0.1) is 0 Å². The van der Waals surface area contributed by atoms with Crippen LogP contribution < -0.4 is 15.4 Å². The van der Waals surface area contributed by atoms with Crippen LogP contribution in [0.5, 0.6) is 5.75 Å². The molecule has 3 rings (SSSR count). The molecule has 3 atom stereocenters. The number of ether oxygens (including phenoxy) is 2. The van der Waals surface area contributed by atoms with E-state index in [1.54, 1.807) is 0 Å². The quantitative estimate of drug-likeness (QED) is 0.404. The van der Waals surface area contributed by atoms with Gasteiger partial charge < -0.3 is 20.1 Å². The van der Waals surface area contributed by atoms with Gasteiger partial charge in [0, 0.05) is 13.1 Å². The number of unbranched alkanes of at least 4 members (excludes halogenated alkanes) is 1. The van der Waals surface area contributed by atoms with Gasteiger partial charge in [0.05, 0.1) is 24.9 Å². The minimum atomic E-state index is 0.365. The lowest BCUT2D eigenvalue weighted by molar-refractivity contribution is 0.0992. The first-order valence-electron chi connectivity index (χ1n) is 10.2. The highest BCUT2D eigenvalue weighted by Crippen LogP contribution is 2.34. The Morgan fingerprint density at radius 2 is 2.08 bits per heavy atom. The van der Waals surface area contributed by atoms with Crippen LogP contribution in [0.3, 0.4) is 0 Å². The molecule has 2 aliphatic heterocycles. The minimum Gasteiger partial charge on any atom is -0.494 e. The van der Waals surface area contributed by atoms with Crippen LogP contribution in [0, 0.1) is 0 Å². The zero-order valence-electron chi connectivity index (χ0n) is 16.2. The summed E-state index contributed by atoms with van der Waals surface area (Å²) >= 11 is 0. The molecule has 3 unspecified atom stereocenters. The third-order valence-corrected chi connectivity index (χ3v) is 5.13. The molecule has 144 valence electrons. The monoisotopic (exact) mass is 359 g/mol. The average Bonchev–Trinajstić information content (AvgIpc) is 3.26. The van der Waals surface area contributed by atoms with E-state index in [-0.39, 0.29) is 0 Å². The Labute approximate surface area is 157 Å². The number of guanidine groups is 1. The molecule has 2 aliphatic rings. The largest absolute Gasteiger partial charge is 0.494 e. The third kappa shape index (κ3) is 5.37. The first-order valence-corrected chi connectivity index (χ1v) is 10.2. The number of nitrogens with one attached hydrogen (secondary N) is 2. The normalized spacial score (nSPS) is 24.7. The van der Waals surface area contributed by atoms with Gasteiger partial charge in [0.2, 0.25) is 0 Å². The standard InChI is InChI=1S/C21H33N3O2/c1-3-5-14-25-17-8-6-16(7-9-17)12-13-23-21(22-4-2)24-19-15-18-10-11-20(19)26-18/h6-9,18-20H,3-5,10-15H2,1-2H3,(H2,22,23,24). The summed E-state index contributed by atoms with van der Waals surface area (Å²) in [7, 11) is 0. The number of hydrogen-bond donors (Lipinski definition) is 2. The van der Waals surface area contributed by atoms with Crippen molar-refractivity contribution in [2.24, 2.45) is 4.99 Å². The van der Waals surface area contributed by atoms with Crippen molar-refractivity contribution in [1.29, 1.82) is 0 Å². The molecular weight excluding hydrogens is 326 g/mol. The summed E-state index contributed by atoms with van der Waals surface area (Å²) in [5.74, 6) is 1.87. The van der Waals surface area contributed by atoms with Crippen LogP contribution in [-0.2, 0) is 11.2 Å². The van der Waals surface area contributed by atoms with Crippen LogP contribution >= 0.6 is 0 Å². The topological polar surface area (TPSA) is 54.9 Å². The van der Waals surface area contributed by atoms with Gasteiger partial charge in [0.1, 0.15) is 5.75 Å². The molecule has 1 aromatic rings. The van der Waals surface area contributed by atoms with Crippen LogP contribution in [-0.4, -0.2) is 43.9 Å². The Kier molecular flexibility index (Phi) is 7.18. The van der Waals surface area contributed by atoms with Crippen LogP contribution in [0.2, 0.25) is 0 Å². The van der Waals surface area contributed by atoms with E-state index in [0.29, 0.717) is 18.2 Å². The summed E-state index contributed by atoms with van der Waals surface area (Å²) in [6, 6.07) is 8.81. The first kappa shape index (κ1) is 19.0. The van der Waals surface area contributed by atoms with E-state index < -0.39 is 0 Å². The number of hydrogen-bond acceptors (Lipinski definition) is 3. The van der Waals surface area contributed by atoms with Crippen molar-refractivity contribution in [2.75, 3.05) is 19.7 Å². The fraction of sp³-hybridized carbons (Fsp3) is 0.667. The van der Waals surface area contributed by atoms with Crippen molar-refractivity contribution in [3.05, 3.63) is 29.8 Å². The Morgan fingerprint density at radius 1 is 1.23 bits per heavy atom. The molecule has 0 radical (unpaired) electrons. The highest BCUT2D eigenvalue weighted by molar-refractivity contribution is 5.80. The summed E-state index contributed by atoms with van der Waals surface area (Å²) in [5.41, 5.74) is 1.29. The number of aliphatic imine (C=N–C) groups is 1. The zero-order valence-corrected chi connectivity index (χ0v) is 16.2. The maximum absolute atomic E-state index is 5.93. The van der Waals surface area contributed by atoms with Crippen LogP contribution in [0.25, 0.3) is 0 Å². The first-order chi connectivity index (χ1) is 12.8. The second-order valence-corrected chi connectivity index (χ2v) is 7.22. The van der Waals surface area contributed by atoms with E-state index in [9.17, 15) is 0 Å². The average molecular weight is 360 g/mol. The van der Waals surface area contributed by atoms with Crippen molar-refractivity contribution >= 4 is 5.96 Å². The number of rotatable bonds is 9. The van der Waals surface area contributed by atoms with E-state index in [1.165, 1.54) is 18.4 Å². The molecule has 0 spiro atoms. The molecule has 0 saturated carbocycles. The van der Waals surface area contributed by atoms with Gasteiger partial charge >= 0.3 is 0 Å². The maximum atomic E-state index is 5.93. The molecule has 2 N–H and O–H groups in total. The lowest BCUT2D eigenvalue weighted by Gasteiger charge is -2.22. The van der Waals surface area contributed by atoms with Crippen molar-refractivity contribution < 1.29 is 9.47 Å². The minimum absolute atomic E-state index is 0.365. The summed E-state index contributed by atoms with van der Waals surface area (Å²) in [4.78, 5) is 4.75. The van der Waals surface area contributed by atoms with E-state index >= 15 is 0 Å². The van der Waals surface area contributed by atoms with Crippen molar-refractivity contribution in [3.8, 4) is 5.75 Å². The second-order valence-electron chi connectivity index (χ2n) is 7.22. The summed E-state index contributed by atoms with van der Waals surface area (Å²) in [5, 5.41) is 6.92. The highest BCUT2D eigenvalue weighted by atomic mass is 16.5. The third-order valence-electron chi connectivity index (χ3n) is 5.13. The molecule has 0 aliphatic carbocycles. The zero-order chi connectivity index (χ0) is 18.2. The van der Waals surface area contributed by atoms with E-state index in [2.05, 4.69) is 48.7 Å². The van der Waals surface area contributed by atoms with Crippen molar-refractivity contribution in [2.45, 2.75) is 70.6 Å². The lowest BCUT2D eigenvalue weighted by atomic mass is 9.96. The van der Waals surface area contributed by atoms with E-state index in [1.807, 2.05) is 0 Å². The fourth-order valence-electron chi connectivity index (χ4n) is 3.67. The molecule has 2 heterocycles. The van der Waals surface area contributed by atoms with Crippen molar-refractivity contribution in [1.82, 2.24) is 10.6 Å². The smallest absolute Gasteiger partial charge is 0.191 e. The number of benzene rings is 1. The SMILES string of the molecule is CCCCOc1ccc(CCN=C(NCC)NC2CC3CCC2O3)cc1. The molecule has 0 aromatic heterocycles. The molecule has 2 saturated heterocycles. The summed E-state index contributed by atoms with van der Waals surface area (Å²) < 4.78 is 11.6. The maximum Gasteiger partial charge on any atom is 0.191 e. The molecule has 2 bridgehead atoms. The van der Waals surface area contributed by atoms with Gasteiger partial charge in [-0.3, -0.25) is 4.99 Å². The van der Waals surface area contributed by atoms with Gasteiger partial charge in [-0.05, 0) is 56.7 Å². The molecule has 0 amide bonds. The van der Waals surface area contributed by atoms with Gasteiger partial charge in [-0.1, -0.05) is 25.5 Å². The van der Waals surface area contributed by atoms with Crippen molar-refractivity contribution in [3.63, 3.8) is 0 Å². The Hall–Kier alpha value is -1.75. The van der Waals surface area contributed by atoms with E-state index in [4.69, 9.17) is 14.5 Å².